The zero-order valence-corrected chi connectivity index (χ0v) is 12.5. The number of carbonyl (C=O) groups excluding carboxylic acids is 1. The molecule has 1 aliphatic rings. The summed E-state index contributed by atoms with van der Waals surface area (Å²) in [5, 5.41) is 0. The van der Waals surface area contributed by atoms with E-state index in [4.69, 9.17) is 14.2 Å². The first-order valence-corrected chi connectivity index (χ1v) is 7.55. The van der Waals surface area contributed by atoms with Gasteiger partial charge in [-0.15, -0.1) is 0 Å². The van der Waals surface area contributed by atoms with Gasteiger partial charge in [0, 0.05) is 24.9 Å². The van der Waals surface area contributed by atoms with Gasteiger partial charge in [-0.3, -0.25) is 4.98 Å². The summed E-state index contributed by atoms with van der Waals surface area (Å²) in [6.07, 6.45) is 5.18. The first kappa shape index (κ1) is 15.9. The fourth-order valence-corrected chi connectivity index (χ4v) is 2.18. The number of pyridine rings is 1. The van der Waals surface area contributed by atoms with E-state index in [-0.39, 0.29) is 12.1 Å². The van der Waals surface area contributed by atoms with Crippen molar-refractivity contribution in [2.45, 2.75) is 44.8 Å². The third kappa shape index (κ3) is 5.81. The Balaban J connectivity index is 1.60. The first-order valence-electron chi connectivity index (χ1n) is 7.55. The molecule has 0 spiro atoms. The van der Waals surface area contributed by atoms with Crippen molar-refractivity contribution >= 4 is 5.97 Å². The zero-order valence-electron chi connectivity index (χ0n) is 12.5. The Hall–Kier alpha value is -1.46. The van der Waals surface area contributed by atoms with Crippen LogP contribution in [0.3, 0.4) is 0 Å². The number of carbonyl (C=O) groups is 1. The van der Waals surface area contributed by atoms with Gasteiger partial charge in [0.05, 0.1) is 19.3 Å². The minimum absolute atomic E-state index is 0.113. The van der Waals surface area contributed by atoms with Crippen molar-refractivity contribution in [3.63, 3.8) is 0 Å². The second-order valence-electron chi connectivity index (χ2n) is 5.20. The smallest absolute Gasteiger partial charge is 0.334 e. The fraction of sp³-hybridized carbons (Fsp3) is 0.625. The molecule has 2 heterocycles. The lowest BCUT2D eigenvalue weighted by molar-refractivity contribution is -0.159. The third-order valence-corrected chi connectivity index (χ3v) is 3.47. The van der Waals surface area contributed by atoms with Crippen LogP contribution in [-0.4, -0.2) is 43.0 Å². The highest BCUT2D eigenvalue weighted by molar-refractivity contribution is 5.74. The molecule has 0 amide bonds. The lowest BCUT2D eigenvalue weighted by atomic mass is 10.1. The van der Waals surface area contributed by atoms with Crippen LogP contribution >= 0.6 is 0 Å². The van der Waals surface area contributed by atoms with E-state index in [0.29, 0.717) is 19.6 Å². The standard InChI is InChI=1S/C16H23NO4/c1-13(21-12-15-7-3-5-10-19-15)16(18)20-11-8-14-6-2-4-9-17-14/h2,4,6,9,13,15H,3,5,7-8,10-12H2,1H3. The summed E-state index contributed by atoms with van der Waals surface area (Å²) in [5.74, 6) is -0.332. The van der Waals surface area contributed by atoms with Crippen LogP contribution in [0.1, 0.15) is 31.9 Å². The number of rotatable bonds is 7. The largest absolute Gasteiger partial charge is 0.463 e. The maximum Gasteiger partial charge on any atom is 0.334 e. The number of esters is 1. The predicted molar refractivity (Wildman–Crippen MR) is 77.9 cm³/mol. The summed E-state index contributed by atoms with van der Waals surface area (Å²) in [5.41, 5.74) is 0.912. The van der Waals surface area contributed by atoms with E-state index in [1.165, 1.54) is 0 Å². The van der Waals surface area contributed by atoms with Gasteiger partial charge in [-0.2, -0.15) is 0 Å². The van der Waals surface area contributed by atoms with Gasteiger partial charge in [-0.1, -0.05) is 6.07 Å². The Morgan fingerprint density at radius 2 is 2.38 bits per heavy atom. The Morgan fingerprint density at radius 1 is 1.48 bits per heavy atom. The number of nitrogens with zero attached hydrogens (tertiary/aromatic N) is 1. The highest BCUT2D eigenvalue weighted by Gasteiger charge is 2.19. The van der Waals surface area contributed by atoms with Gasteiger partial charge in [0.1, 0.15) is 0 Å². The molecule has 5 nitrogen and oxygen atoms in total. The van der Waals surface area contributed by atoms with Crippen molar-refractivity contribution in [2.24, 2.45) is 0 Å². The van der Waals surface area contributed by atoms with Crippen LogP contribution in [0.2, 0.25) is 0 Å². The van der Waals surface area contributed by atoms with Gasteiger partial charge in [0.15, 0.2) is 6.10 Å². The lowest BCUT2D eigenvalue weighted by Crippen LogP contribution is -2.30. The molecule has 2 unspecified atom stereocenters. The maximum atomic E-state index is 11.8. The average Bonchev–Trinajstić information content (AvgIpc) is 2.54. The highest BCUT2D eigenvalue weighted by Crippen LogP contribution is 2.13. The molecule has 1 aliphatic heterocycles. The maximum absolute atomic E-state index is 11.8. The average molecular weight is 293 g/mol. The van der Waals surface area contributed by atoms with E-state index in [9.17, 15) is 4.79 Å². The second-order valence-corrected chi connectivity index (χ2v) is 5.20. The second kappa shape index (κ2) is 8.74. The van der Waals surface area contributed by atoms with Crippen molar-refractivity contribution in [1.82, 2.24) is 4.98 Å². The van der Waals surface area contributed by atoms with Crippen molar-refractivity contribution in [1.29, 1.82) is 0 Å². The van der Waals surface area contributed by atoms with Crippen LogP contribution < -0.4 is 0 Å². The summed E-state index contributed by atoms with van der Waals surface area (Å²) in [4.78, 5) is 16.0. The molecule has 21 heavy (non-hydrogen) atoms. The van der Waals surface area contributed by atoms with Crippen LogP contribution in [-0.2, 0) is 25.4 Å². The molecule has 0 aromatic carbocycles. The van der Waals surface area contributed by atoms with Gasteiger partial charge in [0.25, 0.3) is 0 Å². The van der Waals surface area contributed by atoms with Crippen molar-refractivity contribution in [2.75, 3.05) is 19.8 Å². The summed E-state index contributed by atoms with van der Waals surface area (Å²) in [6, 6.07) is 5.69. The molecule has 0 bridgehead atoms. The van der Waals surface area contributed by atoms with Crippen LogP contribution in [0.4, 0.5) is 0 Å². The number of hydrogen-bond donors (Lipinski definition) is 0. The fourth-order valence-electron chi connectivity index (χ4n) is 2.18. The Labute approximate surface area is 125 Å². The monoisotopic (exact) mass is 293 g/mol. The zero-order chi connectivity index (χ0) is 14.9. The van der Waals surface area contributed by atoms with E-state index < -0.39 is 6.10 Å². The van der Waals surface area contributed by atoms with Crippen molar-refractivity contribution < 1.29 is 19.0 Å². The van der Waals surface area contributed by atoms with Crippen LogP contribution in [0.15, 0.2) is 24.4 Å². The van der Waals surface area contributed by atoms with Crippen LogP contribution in [0.5, 0.6) is 0 Å². The summed E-state index contributed by atoms with van der Waals surface area (Å²) >= 11 is 0. The molecule has 1 aromatic rings. The number of ether oxygens (including phenoxy) is 3. The molecule has 0 radical (unpaired) electrons. The van der Waals surface area contributed by atoms with Gasteiger partial charge in [0.2, 0.25) is 0 Å². The van der Waals surface area contributed by atoms with Gasteiger partial charge < -0.3 is 14.2 Å². The Morgan fingerprint density at radius 3 is 3.10 bits per heavy atom. The SMILES string of the molecule is CC(OCC1CCCCO1)C(=O)OCCc1ccccn1. The first-order chi connectivity index (χ1) is 10.3. The van der Waals surface area contributed by atoms with E-state index in [1.807, 2.05) is 18.2 Å². The molecule has 0 aliphatic carbocycles. The van der Waals surface area contributed by atoms with Crippen LogP contribution in [0, 0.1) is 0 Å². The van der Waals surface area contributed by atoms with E-state index in [1.54, 1.807) is 13.1 Å². The minimum atomic E-state index is -0.556. The molecule has 0 saturated carbocycles. The molecule has 5 heteroatoms. The summed E-state index contributed by atoms with van der Waals surface area (Å²) in [6.45, 7) is 3.28. The van der Waals surface area contributed by atoms with Gasteiger partial charge in [-0.25, -0.2) is 4.79 Å². The van der Waals surface area contributed by atoms with Crippen LogP contribution in [0.25, 0.3) is 0 Å². The van der Waals surface area contributed by atoms with E-state index in [0.717, 1.165) is 31.6 Å². The van der Waals surface area contributed by atoms with Crippen molar-refractivity contribution in [3.8, 4) is 0 Å². The molecule has 2 atom stereocenters. The molecule has 1 aromatic heterocycles. The quantitative estimate of drug-likeness (QED) is 0.721. The molecule has 2 rings (SSSR count). The minimum Gasteiger partial charge on any atom is -0.463 e. The molecular weight excluding hydrogens is 270 g/mol. The third-order valence-electron chi connectivity index (χ3n) is 3.47. The van der Waals surface area contributed by atoms with Gasteiger partial charge in [-0.05, 0) is 38.3 Å². The lowest BCUT2D eigenvalue weighted by Gasteiger charge is -2.23. The number of hydrogen-bond acceptors (Lipinski definition) is 5. The molecule has 1 fully saturated rings. The normalized spacial score (nSPS) is 20.0. The van der Waals surface area contributed by atoms with E-state index >= 15 is 0 Å². The Kier molecular flexibility index (Phi) is 6.63. The predicted octanol–water partition coefficient (Wildman–Crippen LogP) is 2.14. The van der Waals surface area contributed by atoms with E-state index in [2.05, 4.69) is 4.98 Å². The molecule has 0 N–H and O–H groups in total. The molecular formula is C16H23NO4. The molecule has 1 saturated heterocycles. The van der Waals surface area contributed by atoms with Gasteiger partial charge >= 0.3 is 5.97 Å². The Bertz CT molecular complexity index is 418. The summed E-state index contributed by atoms with van der Waals surface area (Å²) < 4.78 is 16.3. The summed E-state index contributed by atoms with van der Waals surface area (Å²) in [7, 11) is 0. The topological polar surface area (TPSA) is 57.7 Å². The highest BCUT2D eigenvalue weighted by atomic mass is 16.6. The van der Waals surface area contributed by atoms with Crippen molar-refractivity contribution in [3.05, 3.63) is 30.1 Å². The number of aromatic nitrogens is 1. The molecule has 116 valence electrons.